The predicted octanol–water partition coefficient (Wildman–Crippen LogP) is 2.99. The fourth-order valence-corrected chi connectivity index (χ4v) is 2.27. The van der Waals surface area contributed by atoms with Gasteiger partial charge in [-0.25, -0.2) is 0 Å². The van der Waals surface area contributed by atoms with Gasteiger partial charge in [0.15, 0.2) is 0 Å². The summed E-state index contributed by atoms with van der Waals surface area (Å²) in [5.41, 5.74) is 1.77. The fraction of sp³-hybridized carbons (Fsp3) is 0.429. The van der Waals surface area contributed by atoms with Crippen molar-refractivity contribution in [2.45, 2.75) is 26.0 Å². The SMILES string of the molecule is CC(C)CC(=O)Nc1cccc(CSCC(=O)O)c1. The quantitative estimate of drug-likeness (QED) is 0.806. The molecule has 0 heterocycles. The maximum absolute atomic E-state index is 11.6. The summed E-state index contributed by atoms with van der Waals surface area (Å²) in [6.45, 7) is 4.00. The molecule has 2 N–H and O–H groups in total. The Hall–Kier alpha value is -1.49. The minimum Gasteiger partial charge on any atom is -0.481 e. The summed E-state index contributed by atoms with van der Waals surface area (Å²) in [6.07, 6.45) is 0.498. The van der Waals surface area contributed by atoms with Gasteiger partial charge in [0.2, 0.25) is 5.91 Å². The highest BCUT2D eigenvalue weighted by molar-refractivity contribution is 7.99. The maximum atomic E-state index is 11.6. The van der Waals surface area contributed by atoms with E-state index < -0.39 is 5.97 Å². The number of carboxylic acids is 1. The smallest absolute Gasteiger partial charge is 0.313 e. The zero-order chi connectivity index (χ0) is 14.3. The van der Waals surface area contributed by atoms with Gasteiger partial charge >= 0.3 is 5.97 Å². The van der Waals surface area contributed by atoms with Crippen molar-refractivity contribution in [2.24, 2.45) is 5.92 Å². The number of hydrogen-bond acceptors (Lipinski definition) is 3. The first-order valence-electron chi connectivity index (χ1n) is 6.15. The summed E-state index contributed by atoms with van der Waals surface area (Å²) in [5, 5.41) is 11.4. The van der Waals surface area contributed by atoms with Crippen molar-refractivity contribution in [2.75, 3.05) is 11.1 Å². The number of rotatable bonds is 7. The van der Waals surface area contributed by atoms with E-state index in [2.05, 4.69) is 5.32 Å². The van der Waals surface area contributed by atoms with Crippen LogP contribution in [0.15, 0.2) is 24.3 Å². The topological polar surface area (TPSA) is 66.4 Å². The molecule has 0 aliphatic rings. The van der Waals surface area contributed by atoms with E-state index in [0.717, 1.165) is 11.3 Å². The van der Waals surface area contributed by atoms with E-state index in [1.165, 1.54) is 11.8 Å². The zero-order valence-corrected chi connectivity index (χ0v) is 12.0. The second-order valence-electron chi connectivity index (χ2n) is 4.73. The summed E-state index contributed by atoms with van der Waals surface area (Å²) in [4.78, 5) is 22.1. The van der Waals surface area contributed by atoms with Crippen LogP contribution < -0.4 is 5.32 Å². The van der Waals surface area contributed by atoms with Gasteiger partial charge in [0, 0.05) is 17.9 Å². The molecule has 0 bridgehead atoms. The summed E-state index contributed by atoms with van der Waals surface area (Å²) in [7, 11) is 0. The van der Waals surface area contributed by atoms with Gasteiger partial charge in [0.1, 0.15) is 0 Å². The van der Waals surface area contributed by atoms with Crippen LogP contribution in [0.1, 0.15) is 25.8 Å². The first-order valence-corrected chi connectivity index (χ1v) is 7.31. The number of anilines is 1. The van der Waals surface area contributed by atoms with Crippen LogP contribution in [0, 0.1) is 5.92 Å². The highest BCUT2D eigenvalue weighted by Gasteiger charge is 2.06. The number of carbonyl (C=O) groups excluding carboxylic acids is 1. The Morgan fingerprint density at radius 2 is 2.11 bits per heavy atom. The van der Waals surface area contributed by atoms with E-state index >= 15 is 0 Å². The molecule has 1 aromatic carbocycles. The third-order valence-electron chi connectivity index (χ3n) is 2.30. The van der Waals surface area contributed by atoms with E-state index in [4.69, 9.17) is 5.11 Å². The maximum Gasteiger partial charge on any atom is 0.313 e. The summed E-state index contributed by atoms with van der Waals surface area (Å²) in [6, 6.07) is 7.51. The second-order valence-corrected chi connectivity index (χ2v) is 5.72. The molecule has 0 aliphatic heterocycles. The minimum absolute atomic E-state index is 0.00494. The number of amides is 1. The molecule has 0 saturated heterocycles. The van der Waals surface area contributed by atoms with E-state index in [9.17, 15) is 9.59 Å². The van der Waals surface area contributed by atoms with E-state index in [0.29, 0.717) is 18.1 Å². The molecule has 0 aliphatic carbocycles. The standard InChI is InChI=1S/C14H19NO3S/c1-10(2)6-13(16)15-12-5-3-4-11(7-12)8-19-9-14(17)18/h3-5,7,10H,6,8-9H2,1-2H3,(H,15,16)(H,17,18). The number of benzene rings is 1. The summed E-state index contributed by atoms with van der Waals surface area (Å²) in [5.74, 6) is 0.232. The molecule has 0 atom stereocenters. The Labute approximate surface area is 117 Å². The monoisotopic (exact) mass is 281 g/mol. The van der Waals surface area contributed by atoms with Crippen molar-refractivity contribution in [1.82, 2.24) is 0 Å². The average molecular weight is 281 g/mol. The Morgan fingerprint density at radius 1 is 1.37 bits per heavy atom. The third kappa shape index (κ3) is 6.86. The van der Waals surface area contributed by atoms with Gasteiger partial charge in [-0.05, 0) is 23.6 Å². The number of hydrogen-bond donors (Lipinski definition) is 2. The minimum atomic E-state index is -0.814. The molecule has 0 aromatic heterocycles. The Bertz CT molecular complexity index is 446. The molecule has 1 aromatic rings. The summed E-state index contributed by atoms with van der Waals surface area (Å²) >= 11 is 1.34. The molecule has 1 rings (SSSR count). The molecule has 0 fully saturated rings. The van der Waals surface area contributed by atoms with Crippen molar-refractivity contribution < 1.29 is 14.7 Å². The first-order chi connectivity index (χ1) is 8.97. The molecule has 1 amide bonds. The van der Waals surface area contributed by atoms with Gasteiger partial charge in [-0.2, -0.15) is 0 Å². The molecular formula is C14H19NO3S. The van der Waals surface area contributed by atoms with E-state index in [-0.39, 0.29) is 11.7 Å². The number of nitrogens with one attached hydrogen (secondary N) is 1. The third-order valence-corrected chi connectivity index (χ3v) is 3.29. The van der Waals surface area contributed by atoms with Crippen LogP contribution in [0.25, 0.3) is 0 Å². The van der Waals surface area contributed by atoms with Crippen molar-refractivity contribution in [3.05, 3.63) is 29.8 Å². The molecule has 5 heteroatoms. The van der Waals surface area contributed by atoms with Crippen LogP contribution in [0.5, 0.6) is 0 Å². The summed E-state index contributed by atoms with van der Waals surface area (Å²) < 4.78 is 0. The fourth-order valence-electron chi connectivity index (χ4n) is 1.58. The normalized spacial score (nSPS) is 10.5. The van der Waals surface area contributed by atoms with Crippen LogP contribution in [-0.4, -0.2) is 22.7 Å². The Kier molecular flexibility index (Phi) is 6.42. The van der Waals surface area contributed by atoms with E-state index in [1.54, 1.807) is 0 Å². The van der Waals surface area contributed by atoms with Crippen molar-refractivity contribution >= 4 is 29.3 Å². The highest BCUT2D eigenvalue weighted by atomic mass is 32.2. The molecule has 4 nitrogen and oxygen atoms in total. The van der Waals surface area contributed by atoms with Crippen LogP contribution in [-0.2, 0) is 15.3 Å². The molecule has 0 radical (unpaired) electrons. The zero-order valence-electron chi connectivity index (χ0n) is 11.2. The van der Waals surface area contributed by atoms with Gasteiger partial charge in [-0.3, -0.25) is 9.59 Å². The van der Waals surface area contributed by atoms with Crippen LogP contribution in [0.3, 0.4) is 0 Å². The number of thioether (sulfide) groups is 1. The molecular weight excluding hydrogens is 262 g/mol. The second kappa shape index (κ2) is 7.84. The predicted molar refractivity (Wildman–Crippen MR) is 78.3 cm³/mol. The lowest BCUT2D eigenvalue weighted by atomic mass is 10.1. The lowest BCUT2D eigenvalue weighted by molar-refractivity contribution is -0.133. The van der Waals surface area contributed by atoms with Gasteiger partial charge < -0.3 is 10.4 Å². The van der Waals surface area contributed by atoms with Gasteiger partial charge in [0.05, 0.1) is 5.75 Å². The average Bonchev–Trinajstić information content (AvgIpc) is 2.27. The Balaban J connectivity index is 2.52. The van der Waals surface area contributed by atoms with E-state index in [1.807, 2.05) is 38.1 Å². The first kappa shape index (κ1) is 15.6. The van der Waals surface area contributed by atoms with Crippen LogP contribution in [0.4, 0.5) is 5.69 Å². The molecule has 104 valence electrons. The number of carbonyl (C=O) groups is 2. The lowest BCUT2D eigenvalue weighted by Crippen LogP contribution is -2.13. The van der Waals surface area contributed by atoms with Gasteiger partial charge in [0.25, 0.3) is 0 Å². The van der Waals surface area contributed by atoms with Gasteiger partial charge in [-0.15, -0.1) is 11.8 Å². The lowest BCUT2D eigenvalue weighted by Gasteiger charge is -2.08. The molecule has 0 unspecified atom stereocenters. The molecule has 0 saturated carbocycles. The number of aliphatic carboxylic acids is 1. The van der Waals surface area contributed by atoms with Crippen molar-refractivity contribution in [1.29, 1.82) is 0 Å². The van der Waals surface area contributed by atoms with Crippen molar-refractivity contribution in [3.8, 4) is 0 Å². The molecule has 19 heavy (non-hydrogen) atoms. The highest BCUT2D eigenvalue weighted by Crippen LogP contribution is 2.17. The number of carboxylic acid groups (broad SMARTS) is 1. The molecule has 0 spiro atoms. The van der Waals surface area contributed by atoms with Crippen LogP contribution >= 0.6 is 11.8 Å². The van der Waals surface area contributed by atoms with Crippen LogP contribution in [0.2, 0.25) is 0 Å². The van der Waals surface area contributed by atoms with Crippen molar-refractivity contribution in [3.63, 3.8) is 0 Å². The Morgan fingerprint density at radius 3 is 2.74 bits per heavy atom. The van der Waals surface area contributed by atoms with Gasteiger partial charge in [-0.1, -0.05) is 26.0 Å². The largest absolute Gasteiger partial charge is 0.481 e.